The van der Waals surface area contributed by atoms with E-state index in [0.29, 0.717) is 16.9 Å². The third-order valence-electron chi connectivity index (χ3n) is 3.16. The Bertz CT molecular complexity index is 678. The van der Waals surface area contributed by atoms with Gasteiger partial charge in [-0.1, -0.05) is 0 Å². The Labute approximate surface area is 118 Å². The molecular weight excluding hydrogens is 276 g/mol. The molecule has 0 aliphatic heterocycles. The summed E-state index contributed by atoms with van der Waals surface area (Å²) in [5.41, 5.74) is 7.80. The Morgan fingerprint density at radius 3 is 3.05 bits per heavy atom. The van der Waals surface area contributed by atoms with Crippen molar-refractivity contribution in [2.75, 3.05) is 11.5 Å². The van der Waals surface area contributed by atoms with E-state index in [1.54, 1.807) is 18.2 Å². The standard InChI is InChI=1S/C13H16N4O2S/c14-8-1-4-10-11(7-8)17-13(16-10)20(19)6-5-12(18)15-9-2-3-9/h1,4,7,9H,2-3,5-6,14H2,(H,15,18)(H,16,17). The molecule has 1 fully saturated rings. The van der Waals surface area contributed by atoms with Crippen molar-refractivity contribution in [3.05, 3.63) is 18.2 Å². The molecule has 0 spiro atoms. The van der Waals surface area contributed by atoms with Crippen molar-refractivity contribution < 1.29 is 9.00 Å². The zero-order chi connectivity index (χ0) is 14.1. The van der Waals surface area contributed by atoms with Crippen LogP contribution in [0.15, 0.2) is 23.4 Å². The van der Waals surface area contributed by atoms with Gasteiger partial charge in [-0.2, -0.15) is 0 Å². The molecule has 0 radical (unpaired) electrons. The summed E-state index contributed by atoms with van der Waals surface area (Å²) in [5, 5.41) is 3.27. The van der Waals surface area contributed by atoms with Gasteiger partial charge in [0, 0.05) is 23.9 Å². The van der Waals surface area contributed by atoms with E-state index in [-0.39, 0.29) is 18.1 Å². The average Bonchev–Trinajstić information content (AvgIpc) is 3.12. The number of H-pyrrole nitrogens is 1. The number of amides is 1. The lowest BCUT2D eigenvalue weighted by Crippen LogP contribution is -2.26. The summed E-state index contributed by atoms with van der Waals surface area (Å²) < 4.78 is 12.1. The number of aromatic amines is 1. The third kappa shape index (κ3) is 2.98. The maximum absolute atomic E-state index is 12.1. The van der Waals surface area contributed by atoms with Crippen molar-refractivity contribution >= 4 is 33.4 Å². The van der Waals surface area contributed by atoms with Crippen molar-refractivity contribution in [2.45, 2.75) is 30.5 Å². The van der Waals surface area contributed by atoms with Crippen LogP contribution in [0, 0.1) is 0 Å². The van der Waals surface area contributed by atoms with Crippen molar-refractivity contribution in [2.24, 2.45) is 0 Å². The molecule has 1 aromatic heterocycles. The van der Waals surface area contributed by atoms with E-state index in [9.17, 15) is 9.00 Å². The van der Waals surface area contributed by atoms with Gasteiger partial charge in [0.25, 0.3) is 0 Å². The molecule has 7 heteroatoms. The van der Waals surface area contributed by atoms with Gasteiger partial charge < -0.3 is 16.0 Å². The normalized spacial score (nSPS) is 16.2. The number of hydrogen-bond acceptors (Lipinski definition) is 4. The van der Waals surface area contributed by atoms with Gasteiger partial charge in [0.15, 0.2) is 5.16 Å². The predicted octanol–water partition coefficient (Wildman–Crippen LogP) is 0.921. The maximum atomic E-state index is 12.1. The molecular formula is C13H16N4O2S. The molecule has 1 unspecified atom stereocenters. The van der Waals surface area contributed by atoms with E-state index in [4.69, 9.17) is 5.73 Å². The molecule has 4 N–H and O–H groups in total. The molecule has 20 heavy (non-hydrogen) atoms. The van der Waals surface area contributed by atoms with Gasteiger partial charge in [0.1, 0.15) is 0 Å². The molecule has 1 aromatic carbocycles. The lowest BCUT2D eigenvalue weighted by molar-refractivity contribution is -0.120. The topological polar surface area (TPSA) is 101 Å². The van der Waals surface area contributed by atoms with E-state index in [1.165, 1.54) is 0 Å². The minimum Gasteiger partial charge on any atom is -0.399 e. The minimum absolute atomic E-state index is 0.0406. The molecule has 2 aromatic rings. The molecule has 1 atom stereocenters. The van der Waals surface area contributed by atoms with Crippen LogP contribution in [0.3, 0.4) is 0 Å². The summed E-state index contributed by atoms with van der Waals surface area (Å²) >= 11 is 0. The number of benzene rings is 1. The highest BCUT2D eigenvalue weighted by Crippen LogP contribution is 2.19. The fourth-order valence-corrected chi connectivity index (χ4v) is 2.91. The Kier molecular flexibility index (Phi) is 3.43. The first-order valence-corrected chi connectivity index (χ1v) is 7.87. The molecule has 0 saturated heterocycles. The highest BCUT2D eigenvalue weighted by Gasteiger charge is 2.23. The van der Waals surface area contributed by atoms with E-state index in [0.717, 1.165) is 23.9 Å². The summed E-state index contributed by atoms with van der Waals surface area (Å²) in [7, 11) is -1.31. The molecule has 1 aliphatic carbocycles. The first-order valence-electron chi connectivity index (χ1n) is 6.55. The Hall–Kier alpha value is -1.89. The molecule has 3 rings (SSSR count). The second-order valence-corrected chi connectivity index (χ2v) is 6.45. The number of nitrogens with zero attached hydrogens (tertiary/aromatic N) is 1. The lowest BCUT2D eigenvalue weighted by atomic mass is 10.3. The van der Waals surface area contributed by atoms with E-state index in [1.807, 2.05) is 0 Å². The zero-order valence-electron chi connectivity index (χ0n) is 10.9. The van der Waals surface area contributed by atoms with Crippen LogP contribution < -0.4 is 11.1 Å². The van der Waals surface area contributed by atoms with Gasteiger partial charge in [-0.25, -0.2) is 4.98 Å². The number of rotatable bonds is 5. The predicted molar refractivity (Wildman–Crippen MR) is 77.6 cm³/mol. The van der Waals surface area contributed by atoms with E-state index in [2.05, 4.69) is 15.3 Å². The third-order valence-corrected chi connectivity index (χ3v) is 4.36. The van der Waals surface area contributed by atoms with Crippen molar-refractivity contribution in [3.8, 4) is 0 Å². The largest absolute Gasteiger partial charge is 0.399 e. The minimum atomic E-state index is -1.31. The number of imidazole rings is 1. The van der Waals surface area contributed by atoms with Crippen LogP contribution in [0.1, 0.15) is 19.3 Å². The monoisotopic (exact) mass is 292 g/mol. The molecule has 106 valence electrons. The van der Waals surface area contributed by atoms with Gasteiger partial charge in [-0.05, 0) is 31.0 Å². The van der Waals surface area contributed by atoms with Crippen molar-refractivity contribution in [3.63, 3.8) is 0 Å². The Morgan fingerprint density at radius 2 is 2.30 bits per heavy atom. The molecule has 1 saturated carbocycles. The SMILES string of the molecule is Nc1ccc2nc(S(=O)CCC(=O)NC3CC3)[nH]c2c1. The summed E-state index contributed by atoms with van der Waals surface area (Å²) in [6, 6.07) is 5.62. The highest BCUT2D eigenvalue weighted by atomic mass is 32.2. The fourth-order valence-electron chi connectivity index (χ4n) is 1.92. The number of aromatic nitrogens is 2. The number of fused-ring (bicyclic) bond motifs is 1. The number of nitrogens with two attached hydrogens (primary N) is 1. The first-order chi connectivity index (χ1) is 9.61. The number of nitrogens with one attached hydrogen (secondary N) is 2. The second kappa shape index (κ2) is 5.24. The number of nitrogen functional groups attached to an aromatic ring is 1. The lowest BCUT2D eigenvalue weighted by Gasteiger charge is -2.01. The van der Waals surface area contributed by atoms with Gasteiger partial charge in [0.05, 0.1) is 21.8 Å². The van der Waals surface area contributed by atoms with Crippen LogP contribution in [0.4, 0.5) is 5.69 Å². The first kappa shape index (κ1) is 13.1. The second-order valence-electron chi connectivity index (χ2n) is 4.96. The highest BCUT2D eigenvalue weighted by molar-refractivity contribution is 7.84. The number of anilines is 1. The number of carbonyl (C=O) groups excluding carboxylic acids is 1. The number of carbonyl (C=O) groups is 1. The molecule has 1 heterocycles. The Balaban J connectivity index is 1.64. The summed E-state index contributed by atoms with van der Waals surface area (Å²) in [5.74, 6) is 0.231. The van der Waals surface area contributed by atoms with E-state index < -0.39 is 10.8 Å². The summed E-state index contributed by atoms with van der Waals surface area (Å²) in [4.78, 5) is 18.8. The summed E-state index contributed by atoms with van der Waals surface area (Å²) in [6.45, 7) is 0. The van der Waals surface area contributed by atoms with Crippen LogP contribution >= 0.6 is 0 Å². The van der Waals surface area contributed by atoms with Crippen LogP contribution in [0.5, 0.6) is 0 Å². The molecule has 0 bridgehead atoms. The van der Waals surface area contributed by atoms with Crippen LogP contribution in [0.2, 0.25) is 0 Å². The van der Waals surface area contributed by atoms with Crippen LogP contribution in [0.25, 0.3) is 11.0 Å². The average molecular weight is 292 g/mol. The molecule has 1 aliphatic rings. The van der Waals surface area contributed by atoms with Crippen molar-refractivity contribution in [1.29, 1.82) is 0 Å². The van der Waals surface area contributed by atoms with Crippen LogP contribution in [-0.2, 0) is 15.6 Å². The van der Waals surface area contributed by atoms with Gasteiger partial charge >= 0.3 is 0 Å². The summed E-state index contributed by atoms with van der Waals surface area (Å²) in [6.07, 6.45) is 2.36. The van der Waals surface area contributed by atoms with E-state index >= 15 is 0 Å². The number of hydrogen-bond donors (Lipinski definition) is 3. The molecule has 1 amide bonds. The molecule has 6 nitrogen and oxygen atoms in total. The zero-order valence-corrected chi connectivity index (χ0v) is 11.7. The Morgan fingerprint density at radius 1 is 1.50 bits per heavy atom. The van der Waals surface area contributed by atoms with Gasteiger partial charge in [-0.15, -0.1) is 0 Å². The quantitative estimate of drug-likeness (QED) is 0.713. The van der Waals surface area contributed by atoms with Gasteiger partial charge in [0.2, 0.25) is 5.91 Å². The maximum Gasteiger partial charge on any atom is 0.221 e. The van der Waals surface area contributed by atoms with Gasteiger partial charge in [-0.3, -0.25) is 9.00 Å². The smallest absolute Gasteiger partial charge is 0.221 e. The van der Waals surface area contributed by atoms with Crippen molar-refractivity contribution in [1.82, 2.24) is 15.3 Å². The van der Waals surface area contributed by atoms with Crippen LogP contribution in [-0.4, -0.2) is 31.9 Å². The fraction of sp³-hybridized carbons (Fsp3) is 0.385.